The fraction of sp³-hybridized carbons (Fsp3) is 0.216. The average Bonchev–Trinajstić information content (AvgIpc) is 3.07. The third-order valence-electron chi connectivity index (χ3n) is 6.42. The number of aliphatic imine (C=N–C) groups is 1. The third-order valence-corrected chi connectivity index (χ3v) is 6.42. The normalized spacial score (nSPS) is 11.2. The molecule has 0 aromatic heterocycles. The molecule has 0 saturated carbocycles. The maximum Gasteiger partial charge on any atom is 0.414 e. The van der Waals surface area contributed by atoms with Crippen LogP contribution in [0.15, 0.2) is 120 Å². The number of nitrogens with zero attached hydrogens (tertiary/aromatic N) is 1. The number of alkyl carbamates (subject to hydrolysis) is 3. The van der Waals surface area contributed by atoms with Gasteiger partial charge < -0.3 is 24.3 Å². The lowest BCUT2D eigenvalue weighted by Gasteiger charge is -2.23. The number of rotatable bonds is 10. The Kier molecular flexibility index (Phi) is 12.9. The molecule has 0 bridgehead atoms. The molecule has 12 nitrogen and oxygen atoms in total. The van der Waals surface area contributed by atoms with Crippen LogP contribution in [0.25, 0.3) is 0 Å². The van der Waals surface area contributed by atoms with Crippen molar-refractivity contribution in [2.45, 2.75) is 52.0 Å². The van der Waals surface area contributed by atoms with Gasteiger partial charge in [0, 0.05) is 6.42 Å². The Labute approximate surface area is 284 Å². The molecule has 0 aliphatic carbocycles. The van der Waals surface area contributed by atoms with Gasteiger partial charge in [-0.25, -0.2) is 24.2 Å². The van der Waals surface area contributed by atoms with Crippen molar-refractivity contribution in [2.75, 3.05) is 0 Å². The molecule has 4 rings (SSSR count). The fourth-order valence-corrected chi connectivity index (χ4v) is 4.20. The molecule has 0 unspecified atom stereocenters. The number of carbonyl (C=O) groups excluding carboxylic acids is 4. The van der Waals surface area contributed by atoms with E-state index in [4.69, 9.17) is 18.9 Å². The van der Waals surface area contributed by atoms with E-state index in [2.05, 4.69) is 20.9 Å². The quantitative estimate of drug-likeness (QED) is 0.0565. The second kappa shape index (κ2) is 17.7. The summed E-state index contributed by atoms with van der Waals surface area (Å²) in [5.74, 6) is -0.803. The predicted octanol–water partition coefficient (Wildman–Crippen LogP) is 6.57. The van der Waals surface area contributed by atoms with Crippen molar-refractivity contribution >= 4 is 35.9 Å². The number of carbonyl (C=O) groups is 4. The summed E-state index contributed by atoms with van der Waals surface area (Å²) in [4.78, 5) is 55.2. The van der Waals surface area contributed by atoms with E-state index < -0.39 is 35.9 Å². The number of amides is 3. The van der Waals surface area contributed by atoms with Crippen molar-refractivity contribution in [3.05, 3.63) is 132 Å². The van der Waals surface area contributed by atoms with Crippen LogP contribution in [-0.4, -0.2) is 41.9 Å². The number of esters is 1. The maximum absolute atomic E-state index is 13.2. The van der Waals surface area contributed by atoms with Gasteiger partial charge in [0.25, 0.3) is 0 Å². The first-order valence-electron chi connectivity index (χ1n) is 15.4. The highest BCUT2D eigenvalue weighted by atomic mass is 16.6. The zero-order valence-corrected chi connectivity index (χ0v) is 27.4. The van der Waals surface area contributed by atoms with Crippen LogP contribution in [0.1, 0.15) is 37.5 Å². The lowest BCUT2D eigenvalue weighted by atomic mass is 10.1. The topological polar surface area (TPSA) is 154 Å². The zero-order valence-electron chi connectivity index (χ0n) is 27.4. The molecule has 254 valence electrons. The van der Waals surface area contributed by atoms with Gasteiger partial charge in [0.1, 0.15) is 30.6 Å². The second-order valence-corrected chi connectivity index (χ2v) is 11.6. The van der Waals surface area contributed by atoms with E-state index in [0.717, 1.165) is 16.7 Å². The van der Waals surface area contributed by atoms with Crippen LogP contribution >= 0.6 is 0 Å². The van der Waals surface area contributed by atoms with Gasteiger partial charge in [-0.15, -0.1) is 0 Å². The molecule has 1 atom stereocenters. The number of hydrogen-bond acceptors (Lipinski definition) is 9. The number of guanidine groups is 1. The van der Waals surface area contributed by atoms with Gasteiger partial charge in [0.15, 0.2) is 0 Å². The first-order valence-corrected chi connectivity index (χ1v) is 15.4. The maximum atomic E-state index is 13.2. The monoisotopic (exact) mass is 666 g/mol. The van der Waals surface area contributed by atoms with E-state index in [-0.39, 0.29) is 37.0 Å². The minimum absolute atomic E-state index is 0.00742. The van der Waals surface area contributed by atoms with Gasteiger partial charge in [-0.05, 0) is 61.7 Å². The molecular weight excluding hydrogens is 628 g/mol. The first-order chi connectivity index (χ1) is 23.5. The molecule has 0 spiro atoms. The molecule has 3 amide bonds. The molecule has 0 heterocycles. The van der Waals surface area contributed by atoms with Gasteiger partial charge in [0.05, 0.1) is 5.69 Å². The van der Waals surface area contributed by atoms with Gasteiger partial charge in [0.2, 0.25) is 5.96 Å². The predicted molar refractivity (Wildman–Crippen MR) is 182 cm³/mol. The van der Waals surface area contributed by atoms with Gasteiger partial charge >= 0.3 is 24.2 Å². The number of hydrogen-bond donors (Lipinski definition) is 3. The zero-order chi connectivity index (χ0) is 35.1. The summed E-state index contributed by atoms with van der Waals surface area (Å²) in [5, 5.41) is 7.44. The van der Waals surface area contributed by atoms with Crippen molar-refractivity contribution in [1.29, 1.82) is 0 Å². The SMILES string of the molecule is CC(C)(C)OC(=O)N[C@@H](Cc1ccccc1)C(=O)Oc1ccc(N=C(NC(=O)OCc2ccccc2)NC(=O)OCc2ccccc2)cc1. The van der Waals surface area contributed by atoms with Crippen LogP contribution in [0.3, 0.4) is 0 Å². The minimum Gasteiger partial charge on any atom is -0.444 e. The van der Waals surface area contributed by atoms with Crippen molar-refractivity contribution in [3.63, 3.8) is 0 Å². The Morgan fingerprint density at radius 2 is 1.10 bits per heavy atom. The summed E-state index contributed by atoms with van der Waals surface area (Å²) in [7, 11) is 0. The lowest BCUT2D eigenvalue weighted by Crippen LogP contribution is -2.46. The van der Waals surface area contributed by atoms with Gasteiger partial charge in [-0.1, -0.05) is 91.0 Å². The number of ether oxygens (including phenoxy) is 4. The van der Waals surface area contributed by atoms with E-state index >= 15 is 0 Å². The van der Waals surface area contributed by atoms with Crippen LogP contribution in [0.2, 0.25) is 0 Å². The molecular formula is C37H38N4O8. The standard InChI is InChI=1S/C37H38N4O8/c1-37(2,3)49-36(45)39-31(23-26-13-7-4-8-14-26)32(42)48-30-21-19-29(20-22-30)38-33(40-34(43)46-24-27-15-9-5-10-16-27)41-35(44)47-25-28-17-11-6-12-18-28/h4-22,31H,23-25H2,1-3H3,(H,39,45)(H2,38,40,41,43,44)/t31-/m0/s1. The van der Waals surface area contributed by atoms with Gasteiger partial charge in [-0.2, -0.15) is 0 Å². The number of nitrogens with one attached hydrogen (secondary N) is 3. The highest BCUT2D eigenvalue weighted by molar-refractivity contribution is 6.02. The summed E-state index contributed by atoms with van der Waals surface area (Å²) >= 11 is 0. The van der Waals surface area contributed by atoms with Crippen LogP contribution < -0.4 is 20.7 Å². The third kappa shape index (κ3) is 13.2. The molecule has 4 aromatic rings. The molecule has 0 saturated heterocycles. The molecule has 12 heteroatoms. The lowest BCUT2D eigenvalue weighted by molar-refractivity contribution is -0.136. The van der Waals surface area contributed by atoms with Crippen molar-refractivity contribution < 1.29 is 38.1 Å². The fourth-order valence-electron chi connectivity index (χ4n) is 4.20. The molecule has 49 heavy (non-hydrogen) atoms. The van der Waals surface area contributed by atoms with E-state index in [1.807, 2.05) is 66.7 Å². The van der Waals surface area contributed by atoms with E-state index in [1.165, 1.54) is 24.3 Å². The first kappa shape index (κ1) is 35.7. The Balaban J connectivity index is 1.44. The summed E-state index contributed by atoms with van der Waals surface area (Å²) < 4.78 is 21.5. The van der Waals surface area contributed by atoms with Crippen molar-refractivity contribution in [1.82, 2.24) is 16.0 Å². The van der Waals surface area contributed by atoms with Gasteiger partial charge in [-0.3, -0.25) is 10.6 Å². The Bertz CT molecular complexity index is 1650. The summed E-state index contributed by atoms with van der Waals surface area (Å²) in [5.41, 5.74) is 1.87. The summed E-state index contributed by atoms with van der Waals surface area (Å²) in [6.45, 7) is 5.15. The molecule has 4 aromatic carbocycles. The van der Waals surface area contributed by atoms with Crippen LogP contribution in [-0.2, 0) is 38.6 Å². The molecule has 0 aliphatic rings. The van der Waals surface area contributed by atoms with Crippen LogP contribution in [0.4, 0.5) is 20.1 Å². The second-order valence-electron chi connectivity index (χ2n) is 11.6. The molecule has 0 radical (unpaired) electrons. The summed E-state index contributed by atoms with van der Waals surface area (Å²) in [6.07, 6.45) is -2.31. The Hall–Kier alpha value is -6.17. The van der Waals surface area contributed by atoms with Crippen molar-refractivity contribution in [3.8, 4) is 5.75 Å². The van der Waals surface area contributed by atoms with E-state index in [0.29, 0.717) is 0 Å². The highest BCUT2D eigenvalue weighted by Crippen LogP contribution is 2.19. The molecule has 3 N–H and O–H groups in total. The van der Waals surface area contributed by atoms with E-state index in [1.54, 1.807) is 45.0 Å². The highest BCUT2D eigenvalue weighted by Gasteiger charge is 2.26. The Morgan fingerprint density at radius 1 is 0.633 bits per heavy atom. The smallest absolute Gasteiger partial charge is 0.414 e. The average molecular weight is 667 g/mol. The molecule has 0 fully saturated rings. The Morgan fingerprint density at radius 3 is 1.57 bits per heavy atom. The van der Waals surface area contributed by atoms with E-state index in [9.17, 15) is 19.2 Å². The molecule has 0 aliphatic heterocycles. The van der Waals surface area contributed by atoms with Crippen LogP contribution in [0, 0.1) is 0 Å². The largest absolute Gasteiger partial charge is 0.444 e. The van der Waals surface area contributed by atoms with Crippen LogP contribution in [0.5, 0.6) is 5.75 Å². The minimum atomic E-state index is -1.04. The van der Waals surface area contributed by atoms with Crippen molar-refractivity contribution in [2.24, 2.45) is 4.99 Å². The number of benzene rings is 4. The summed E-state index contributed by atoms with van der Waals surface area (Å²) in [6, 6.07) is 32.2.